The Morgan fingerprint density at radius 3 is 2.48 bits per heavy atom. The highest BCUT2D eigenvalue weighted by Crippen LogP contribution is 2.25. The van der Waals surface area contributed by atoms with Crippen LogP contribution in [0, 0.1) is 19.8 Å². The lowest BCUT2D eigenvalue weighted by Crippen LogP contribution is -2.46. The zero-order chi connectivity index (χ0) is 19.2. The molecule has 0 radical (unpaired) electrons. The number of nitrogens with zero attached hydrogens (tertiary/aromatic N) is 1. The van der Waals surface area contributed by atoms with Crippen LogP contribution in [0.1, 0.15) is 42.9 Å². The van der Waals surface area contributed by atoms with E-state index in [4.69, 9.17) is 4.74 Å². The summed E-state index contributed by atoms with van der Waals surface area (Å²) in [6.07, 6.45) is 3.55. The average molecular weight is 366 g/mol. The van der Waals surface area contributed by atoms with Gasteiger partial charge in [0.05, 0.1) is 0 Å². The van der Waals surface area contributed by atoms with E-state index in [9.17, 15) is 4.79 Å². The molecule has 3 heteroatoms. The minimum Gasteiger partial charge on any atom is -0.480 e. The summed E-state index contributed by atoms with van der Waals surface area (Å²) in [7, 11) is 0. The summed E-state index contributed by atoms with van der Waals surface area (Å²) >= 11 is 0. The Labute approximate surface area is 163 Å². The Balaban J connectivity index is 1.56. The van der Waals surface area contributed by atoms with E-state index in [2.05, 4.69) is 42.5 Å². The Bertz CT molecular complexity index is 748. The molecule has 144 valence electrons. The van der Waals surface area contributed by atoms with Crippen LogP contribution in [0.25, 0.3) is 0 Å². The van der Waals surface area contributed by atoms with Crippen LogP contribution in [0.2, 0.25) is 0 Å². The fraction of sp³-hybridized carbons (Fsp3) is 0.458. The molecule has 1 fully saturated rings. The zero-order valence-corrected chi connectivity index (χ0v) is 16.8. The van der Waals surface area contributed by atoms with Gasteiger partial charge in [-0.15, -0.1) is 0 Å². The summed E-state index contributed by atoms with van der Waals surface area (Å²) in [5, 5.41) is 0. The SMILES string of the molecule is CC[C@@H](Oc1cc(C)ccc1C)C(=O)N1CCC(Cc2ccccc2)CC1. The smallest absolute Gasteiger partial charge is 0.263 e. The number of benzene rings is 2. The normalized spacial score (nSPS) is 16.2. The second kappa shape index (κ2) is 9.07. The first-order chi connectivity index (χ1) is 13.1. The molecule has 1 heterocycles. The van der Waals surface area contributed by atoms with Crippen molar-refractivity contribution in [2.45, 2.75) is 52.6 Å². The quantitative estimate of drug-likeness (QED) is 0.725. The monoisotopic (exact) mass is 365 g/mol. The summed E-state index contributed by atoms with van der Waals surface area (Å²) in [4.78, 5) is 15.0. The maximum Gasteiger partial charge on any atom is 0.263 e. The number of rotatable bonds is 6. The maximum atomic E-state index is 13.0. The highest BCUT2D eigenvalue weighted by molar-refractivity contribution is 5.81. The van der Waals surface area contributed by atoms with Gasteiger partial charge in [-0.1, -0.05) is 49.4 Å². The van der Waals surface area contributed by atoms with Gasteiger partial charge in [-0.3, -0.25) is 4.79 Å². The molecule has 3 nitrogen and oxygen atoms in total. The second-order valence-corrected chi connectivity index (χ2v) is 7.74. The lowest BCUT2D eigenvalue weighted by atomic mass is 9.90. The van der Waals surface area contributed by atoms with Gasteiger partial charge in [0.25, 0.3) is 5.91 Å². The van der Waals surface area contributed by atoms with Gasteiger partial charge in [0.15, 0.2) is 6.10 Å². The fourth-order valence-electron chi connectivity index (χ4n) is 3.80. The molecule has 0 unspecified atom stereocenters. The molecule has 0 aromatic heterocycles. The number of ether oxygens (including phenoxy) is 1. The highest BCUT2D eigenvalue weighted by Gasteiger charge is 2.29. The number of hydrogen-bond donors (Lipinski definition) is 0. The molecule has 1 aliphatic rings. The van der Waals surface area contributed by atoms with E-state index in [1.807, 2.05) is 31.7 Å². The van der Waals surface area contributed by atoms with Crippen LogP contribution in [0.5, 0.6) is 5.75 Å². The predicted molar refractivity (Wildman–Crippen MR) is 110 cm³/mol. The number of carbonyl (C=O) groups excluding carboxylic acids is 1. The van der Waals surface area contributed by atoms with Gasteiger partial charge < -0.3 is 9.64 Å². The minimum absolute atomic E-state index is 0.136. The molecule has 1 atom stereocenters. The van der Waals surface area contributed by atoms with Crippen molar-refractivity contribution in [3.63, 3.8) is 0 Å². The van der Waals surface area contributed by atoms with Gasteiger partial charge >= 0.3 is 0 Å². The van der Waals surface area contributed by atoms with Crippen molar-refractivity contribution >= 4 is 5.91 Å². The number of likely N-dealkylation sites (tertiary alicyclic amines) is 1. The molecule has 1 amide bonds. The van der Waals surface area contributed by atoms with Crippen molar-refractivity contribution < 1.29 is 9.53 Å². The first-order valence-electron chi connectivity index (χ1n) is 10.1. The third kappa shape index (κ3) is 5.12. The van der Waals surface area contributed by atoms with Crippen molar-refractivity contribution in [3.05, 3.63) is 65.2 Å². The predicted octanol–water partition coefficient (Wildman–Crippen LogP) is 4.94. The molecular weight excluding hydrogens is 334 g/mol. The van der Waals surface area contributed by atoms with Gasteiger partial charge in [-0.2, -0.15) is 0 Å². The van der Waals surface area contributed by atoms with Gasteiger partial charge in [-0.25, -0.2) is 0 Å². The average Bonchev–Trinajstić information content (AvgIpc) is 2.69. The molecule has 27 heavy (non-hydrogen) atoms. The summed E-state index contributed by atoms with van der Waals surface area (Å²) < 4.78 is 6.12. The standard InChI is InChI=1S/C24H31NO2/c1-4-22(27-23-16-18(2)10-11-19(23)3)24(26)25-14-12-21(13-15-25)17-20-8-6-5-7-9-20/h5-11,16,21-22H,4,12-15,17H2,1-3H3/t22-/m1/s1. The molecular formula is C24H31NO2. The van der Waals surface area contributed by atoms with E-state index in [1.54, 1.807) is 0 Å². The molecule has 0 aliphatic carbocycles. The third-order valence-electron chi connectivity index (χ3n) is 5.55. The lowest BCUT2D eigenvalue weighted by Gasteiger charge is -2.34. The van der Waals surface area contributed by atoms with Crippen molar-refractivity contribution in [1.29, 1.82) is 0 Å². The summed E-state index contributed by atoms with van der Waals surface area (Å²) in [5.41, 5.74) is 3.63. The van der Waals surface area contributed by atoms with Gasteiger partial charge in [0.2, 0.25) is 0 Å². The van der Waals surface area contributed by atoms with Crippen LogP contribution in [-0.4, -0.2) is 30.0 Å². The molecule has 2 aromatic rings. The highest BCUT2D eigenvalue weighted by atomic mass is 16.5. The number of hydrogen-bond acceptors (Lipinski definition) is 2. The molecule has 0 saturated carbocycles. The van der Waals surface area contributed by atoms with E-state index < -0.39 is 6.10 Å². The zero-order valence-electron chi connectivity index (χ0n) is 16.8. The molecule has 0 N–H and O–H groups in total. The molecule has 1 aliphatic heterocycles. The van der Waals surface area contributed by atoms with Crippen LogP contribution in [0.4, 0.5) is 0 Å². The van der Waals surface area contributed by atoms with Crippen molar-refractivity contribution in [2.75, 3.05) is 13.1 Å². The van der Waals surface area contributed by atoms with Gasteiger partial charge in [-0.05, 0) is 68.2 Å². The maximum absolute atomic E-state index is 13.0. The third-order valence-corrected chi connectivity index (χ3v) is 5.55. The van der Waals surface area contributed by atoms with Crippen LogP contribution in [0.15, 0.2) is 48.5 Å². The van der Waals surface area contributed by atoms with Crippen molar-refractivity contribution in [1.82, 2.24) is 4.90 Å². The van der Waals surface area contributed by atoms with Crippen LogP contribution < -0.4 is 4.74 Å². The lowest BCUT2D eigenvalue weighted by molar-refractivity contribution is -0.140. The topological polar surface area (TPSA) is 29.5 Å². The second-order valence-electron chi connectivity index (χ2n) is 7.74. The molecule has 1 saturated heterocycles. The van der Waals surface area contributed by atoms with E-state index in [0.29, 0.717) is 12.3 Å². The summed E-state index contributed by atoms with van der Waals surface area (Å²) in [6.45, 7) is 7.77. The first kappa shape index (κ1) is 19.5. The van der Waals surface area contributed by atoms with E-state index in [1.165, 1.54) is 5.56 Å². The minimum atomic E-state index is -0.392. The molecule has 0 bridgehead atoms. The first-order valence-corrected chi connectivity index (χ1v) is 10.1. The number of amides is 1. The van der Waals surface area contributed by atoms with Gasteiger partial charge in [0, 0.05) is 13.1 Å². The van der Waals surface area contributed by atoms with Crippen LogP contribution in [-0.2, 0) is 11.2 Å². The van der Waals surface area contributed by atoms with Crippen LogP contribution >= 0.6 is 0 Å². The van der Waals surface area contributed by atoms with Crippen LogP contribution in [0.3, 0.4) is 0 Å². The fourth-order valence-corrected chi connectivity index (χ4v) is 3.80. The largest absolute Gasteiger partial charge is 0.480 e. The van der Waals surface area contributed by atoms with E-state index in [-0.39, 0.29) is 5.91 Å². The van der Waals surface area contributed by atoms with Crippen molar-refractivity contribution in [2.24, 2.45) is 5.92 Å². The Morgan fingerprint density at radius 1 is 1.11 bits per heavy atom. The summed E-state index contributed by atoms with van der Waals surface area (Å²) in [5.74, 6) is 1.63. The number of piperidine rings is 1. The Kier molecular flexibility index (Phi) is 6.54. The number of carbonyl (C=O) groups is 1. The van der Waals surface area contributed by atoms with E-state index in [0.717, 1.165) is 49.2 Å². The molecule has 3 rings (SSSR count). The Morgan fingerprint density at radius 2 is 1.81 bits per heavy atom. The van der Waals surface area contributed by atoms with Crippen molar-refractivity contribution in [3.8, 4) is 5.75 Å². The molecule has 0 spiro atoms. The Hall–Kier alpha value is -2.29. The van der Waals surface area contributed by atoms with Gasteiger partial charge in [0.1, 0.15) is 5.75 Å². The molecule has 2 aromatic carbocycles. The number of aryl methyl sites for hydroxylation is 2. The summed E-state index contributed by atoms with van der Waals surface area (Å²) in [6, 6.07) is 16.8. The van der Waals surface area contributed by atoms with E-state index >= 15 is 0 Å².